The first-order chi connectivity index (χ1) is 16.6. The van der Waals surface area contributed by atoms with Gasteiger partial charge in [0.25, 0.3) is 0 Å². The molecule has 0 spiro atoms. The molecule has 2 aromatic carbocycles. The number of aliphatic carboxylic acids is 1. The molecule has 1 aliphatic carbocycles. The first kappa shape index (κ1) is 23.5. The van der Waals surface area contributed by atoms with Crippen LogP contribution in [-0.2, 0) is 19.7 Å². The lowest BCUT2D eigenvalue weighted by molar-refractivity contribution is -0.175. The summed E-state index contributed by atoms with van der Waals surface area (Å²) in [5.41, 5.74) is 3.76. The molecule has 0 bridgehead atoms. The van der Waals surface area contributed by atoms with E-state index in [0.717, 1.165) is 38.8 Å². The van der Waals surface area contributed by atoms with Crippen LogP contribution in [0.25, 0.3) is 27.5 Å². The third kappa shape index (κ3) is 3.54. The third-order valence-corrected chi connectivity index (χ3v) is 7.45. The molecular weight excluding hydrogens is 449 g/mol. The Morgan fingerprint density at radius 2 is 2.03 bits per heavy atom. The smallest absolute Gasteiger partial charge is 0.335 e. The van der Waals surface area contributed by atoms with Crippen LogP contribution in [0.3, 0.4) is 0 Å². The maximum Gasteiger partial charge on any atom is 0.335 e. The zero-order valence-electron chi connectivity index (χ0n) is 20.6. The van der Waals surface area contributed by atoms with Crippen molar-refractivity contribution in [1.29, 1.82) is 0 Å². The van der Waals surface area contributed by atoms with Gasteiger partial charge in [-0.1, -0.05) is 13.8 Å². The molecule has 1 aliphatic rings. The van der Waals surface area contributed by atoms with Crippen molar-refractivity contribution < 1.29 is 23.8 Å². The van der Waals surface area contributed by atoms with E-state index < -0.39 is 17.0 Å². The number of nitrogens with one attached hydrogen (secondary N) is 1. The maximum absolute atomic E-state index is 14.2. The highest BCUT2D eigenvalue weighted by atomic mass is 19.1. The summed E-state index contributed by atoms with van der Waals surface area (Å²) in [6.45, 7) is 6.45. The number of hydrogen-bond acceptors (Lipinski definition) is 4. The molecule has 35 heavy (non-hydrogen) atoms. The van der Waals surface area contributed by atoms with Crippen LogP contribution in [0.2, 0.25) is 0 Å². The van der Waals surface area contributed by atoms with Gasteiger partial charge in [-0.15, -0.1) is 0 Å². The fourth-order valence-electron chi connectivity index (χ4n) is 5.66. The van der Waals surface area contributed by atoms with Crippen LogP contribution >= 0.6 is 0 Å². The maximum atomic E-state index is 14.2. The van der Waals surface area contributed by atoms with Crippen LogP contribution in [0.1, 0.15) is 49.4 Å². The fraction of sp³-hybridized carbons (Fsp3) is 0.407. The number of rotatable bonds is 7. The number of benzene rings is 2. The second-order valence-corrected chi connectivity index (χ2v) is 10.3. The topological polar surface area (TPSA) is 89.4 Å². The molecule has 4 aromatic rings. The number of carboxylic acids is 1. The summed E-state index contributed by atoms with van der Waals surface area (Å²) in [4.78, 5) is 12.0. The van der Waals surface area contributed by atoms with Crippen molar-refractivity contribution in [2.75, 3.05) is 20.8 Å². The molecule has 184 valence electrons. The Balaban J connectivity index is 1.85. The van der Waals surface area contributed by atoms with Crippen LogP contribution in [-0.4, -0.2) is 52.3 Å². The van der Waals surface area contributed by atoms with Gasteiger partial charge < -0.3 is 19.1 Å². The van der Waals surface area contributed by atoms with E-state index in [1.54, 1.807) is 26.3 Å². The number of aromatic amines is 1. The Labute approximate surface area is 202 Å². The number of fused-ring (bicyclic) bond motifs is 2. The summed E-state index contributed by atoms with van der Waals surface area (Å²) >= 11 is 0. The lowest BCUT2D eigenvalue weighted by Gasteiger charge is -2.44. The lowest BCUT2D eigenvalue weighted by atomic mass is 9.65. The van der Waals surface area contributed by atoms with Gasteiger partial charge in [-0.3, -0.25) is 5.10 Å². The summed E-state index contributed by atoms with van der Waals surface area (Å²) in [6, 6.07) is 9.29. The normalized spacial score (nSPS) is 20.5. The molecule has 1 fully saturated rings. The number of aryl methyl sites for hydroxylation is 1. The van der Waals surface area contributed by atoms with Crippen molar-refractivity contribution in [2.45, 2.75) is 50.5 Å². The minimum Gasteiger partial charge on any atom is -0.479 e. The first-order valence-electron chi connectivity index (χ1n) is 11.7. The average molecular weight is 480 g/mol. The number of carbonyl (C=O) groups is 1. The highest BCUT2D eigenvalue weighted by Gasteiger charge is 2.53. The van der Waals surface area contributed by atoms with Crippen molar-refractivity contribution in [2.24, 2.45) is 0 Å². The fourth-order valence-corrected chi connectivity index (χ4v) is 5.66. The van der Waals surface area contributed by atoms with Gasteiger partial charge in [-0.2, -0.15) is 5.10 Å². The van der Waals surface area contributed by atoms with E-state index in [2.05, 4.69) is 40.7 Å². The molecule has 5 rings (SSSR count). The summed E-state index contributed by atoms with van der Waals surface area (Å²) in [6.07, 6.45) is 2.53. The Hall–Kier alpha value is -3.23. The van der Waals surface area contributed by atoms with E-state index in [1.807, 2.05) is 6.07 Å². The molecule has 8 heteroatoms. The molecule has 0 amide bonds. The van der Waals surface area contributed by atoms with E-state index in [4.69, 9.17) is 9.47 Å². The molecule has 7 nitrogen and oxygen atoms in total. The molecule has 0 unspecified atom stereocenters. The van der Waals surface area contributed by atoms with Crippen molar-refractivity contribution in [3.8, 4) is 5.69 Å². The zero-order chi connectivity index (χ0) is 25.1. The Morgan fingerprint density at radius 1 is 1.29 bits per heavy atom. The molecule has 0 aliphatic heterocycles. The zero-order valence-corrected chi connectivity index (χ0v) is 20.6. The summed E-state index contributed by atoms with van der Waals surface area (Å²) in [5.74, 6) is -1.23. The van der Waals surface area contributed by atoms with Crippen molar-refractivity contribution in [3.05, 3.63) is 59.2 Å². The van der Waals surface area contributed by atoms with Crippen LogP contribution in [0.15, 0.2) is 36.5 Å². The summed E-state index contributed by atoms with van der Waals surface area (Å²) in [7, 11) is 3.13. The summed E-state index contributed by atoms with van der Waals surface area (Å²) in [5, 5.41) is 19.1. The van der Waals surface area contributed by atoms with Crippen molar-refractivity contribution in [3.63, 3.8) is 0 Å². The molecule has 2 heterocycles. The van der Waals surface area contributed by atoms with E-state index in [-0.39, 0.29) is 11.7 Å². The number of ether oxygens (including phenoxy) is 2. The molecule has 0 saturated heterocycles. The van der Waals surface area contributed by atoms with Crippen molar-refractivity contribution >= 4 is 27.8 Å². The largest absolute Gasteiger partial charge is 0.479 e. The number of aromatic nitrogens is 3. The molecule has 0 atom stereocenters. The first-order valence-corrected chi connectivity index (χ1v) is 11.7. The minimum absolute atomic E-state index is 0.0251. The molecule has 2 aromatic heterocycles. The number of hydrogen-bond donors (Lipinski definition) is 2. The van der Waals surface area contributed by atoms with E-state index in [1.165, 1.54) is 13.2 Å². The third-order valence-electron chi connectivity index (χ3n) is 7.45. The van der Waals surface area contributed by atoms with Gasteiger partial charge in [0.05, 0.1) is 23.8 Å². The van der Waals surface area contributed by atoms with Crippen LogP contribution in [0, 0.1) is 12.7 Å². The standard InChI is InChI=1S/C27H30FN3O4/c1-15-8-18(6-7-20(15)28)31-22-9-16-13-29-30-21(16)10-19(22)23(24(31)26(2,3)14-34-4)17-11-27(12-17,35-5)25(32)33/h6-10,13,17H,11-12,14H2,1-5H3,(H,29,30)(H,32,33). The van der Waals surface area contributed by atoms with Gasteiger partial charge in [0.15, 0.2) is 5.60 Å². The number of nitrogens with zero attached hydrogens (tertiary/aromatic N) is 2. The number of carboxylic acid groups (broad SMARTS) is 1. The van der Waals surface area contributed by atoms with Crippen LogP contribution in [0.5, 0.6) is 0 Å². The Bertz CT molecular complexity index is 1450. The lowest BCUT2D eigenvalue weighted by Crippen LogP contribution is -2.51. The second-order valence-electron chi connectivity index (χ2n) is 10.3. The highest BCUT2D eigenvalue weighted by Crippen LogP contribution is 2.53. The highest BCUT2D eigenvalue weighted by molar-refractivity contribution is 5.99. The number of methoxy groups -OCH3 is 2. The molecule has 1 saturated carbocycles. The predicted molar refractivity (Wildman–Crippen MR) is 132 cm³/mol. The molecular formula is C27H30FN3O4. The number of halogens is 1. The number of H-pyrrole nitrogens is 1. The van der Waals surface area contributed by atoms with E-state index in [9.17, 15) is 14.3 Å². The van der Waals surface area contributed by atoms with E-state index >= 15 is 0 Å². The predicted octanol–water partition coefficient (Wildman–Crippen LogP) is 5.23. The average Bonchev–Trinajstić information content (AvgIpc) is 3.36. The van der Waals surface area contributed by atoms with Crippen LogP contribution in [0.4, 0.5) is 4.39 Å². The van der Waals surface area contributed by atoms with Gasteiger partial charge in [0, 0.05) is 41.8 Å². The van der Waals surface area contributed by atoms with Crippen molar-refractivity contribution in [1.82, 2.24) is 14.8 Å². The Morgan fingerprint density at radius 3 is 2.66 bits per heavy atom. The van der Waals surface area contributed by atoms with E-state index in [0.29, 0.717) is 25.0 Å². The van der Waals surface area contributed by atoms with Gasteiger partial charge in [0.1, 0.15) is 5.82 Å². The minimum atomic E-state index is -1.19. The monoisotopic (exact) mass is 479 g/mol. The van der Waals surface area contributed by atoms with Gasteiger partial charge in [-0.05, 0) is 67.1 Å². The molecule has 0 radical (unpaired) electrons. The van der Waals surface area contributed by atoms with Gasteiger partial charge in [-0.25, -0.2) is 9.18 Å². The van der Waals surface area contributed by atoms with Gasteiger partial charge in [0.2, 0.25) is 0 Å². The van der Waals surface area contributed by atoms with Crippen LogP contribution < -0.4 is 0 Å². The summed E-state index contributed by atoms with van der Waals surface area (Å²) < 4.78 is 27.5. The SMILES string of the molecule is COCC(C)(C)c1c(C2CC(OC)(C(=O)O)C2)c2cc3[nH]ncc3cc2n1-c1ccc(F)c(C)c1. The quantitative estimate of drug-likeness (QED) is 0.379. The Kier molecular flexibility index (Phi) is 5.49. The van der Waals surface area contributed by atoms with Gasteiger partial charge >= 0.3 is 5.97 Å². The second kappa shape index (κ2) is 8.17. The molecule has 2 N–H and O–H groups in total.